The second kappa shape index (κ2) is 5.69. The molecule has 1 aromatic heterocycles. The molecule has 0 spiro atoms. The normalized spacial score (nSPS) is 10.3. The molecule has 0 bridgehead atoms. The molecule has 1 heterocycles. The van der Waals surface area contributed by atoms with Crippen LogP contribution in [0, 0.1) is 0 Å². The first kappa shape index (κ1) is 12.6. The quantitative estimate of drug-likeness (QED) is 0.921. The molecule has 5 heteroatoms. The number of rotatable bonds is 4. The van der Waals surface area contributed by atoms with Crippen LogP contribution >= 0.6 is 11.6 Å². The molecule has 4 nitrogen and oxygen atoms in total. The minimum atomic E-state index is -0.178. The molecule has 0 aliphatic heterocycles. The van der Waals surface area contributed by atoms with Gasteiger partial charge in [0, 0.05) is 23.5 Å². The molecule has 0 radical (unpaired) electrons. The van der Waals surface area contributed by atoms with Gasteiger partial charge in [-0.3, -0.25) is 9.48 Å². The largest absolute Gasteiger partial charge is 0.321 e. The predicted molar refractivity (Wildman–Crippen MR) is 71.9 cm³/mol. The van der Waals surface area contributed by atoms with Gasteiger partial charge in [0.2, 0.25) is 0 Å². The van der Waals surface area contributed by atoms with Crippen molar-refractivity contribution in [1.29, 1.82) is 0 Å². The lowest BCUT2D eigenvalue weighted by Gasteiger charge is -2.07. The van der Waals surface area contributed by atoms with Crippen LogP contribution in [0.25, 0.3) is 0 Å². The Morgan fingerprint density at radius 3 is 3.00 bits per heavy atom. The SMILES string of the molecule is CCCn1nccc1C(=O)Nc1cccc(Cl)c1. The third kappa shape index (κ3) is 2.90. The first-order valence-electron chi connectivity index (χ1n) is 5.79. The van der Waals surface area contributed by atoms with Crippen molar-refractivity contribution in [1.82, 2.24) is 9.78 Å². The van der Waals surface area contributed by atoms with Crippen molar-refractivity contribution in [2.24, 2.45) is 0 Å². The van der Waals surface area contributed by atoms with Crippen molar-refractivity contribution in [3.8, 4) is 0 Å². The number of hydrogen-bond donors (Lipinski definition) is 1. The summed E-state index contributed by atoms with van der Waals surface area (Å²) in [5.74, 6) is -0.178. The zero-order chi connectivity index (χ0) is 13.0. The number of amides is 1. The van der Waals surface area contributed by atoms with Gasteiger partial charge < -0.3 is 5.32 Å². The number of halogens is 1. The highest BCUT2D eigenvalue weighted by molar-refractivity contribution is 6.30. The van der Waals surface area contributed by atoms with Crippen molar-refractivity contribution in [2.45, 2.75) is 19.9 Å². The lowest BCUT2D eigenvalue weighted by atomic mass is 10.3. The number of benzene rings is 1. The van der Waals surface area contributed by atoms with E-state index in [1.54, 1.807) is 41.2 Å². The molecule has 0 atom stereocenters. The molecule has 0 saturated carbocycles. The summed E-state index contributed by atoms with van der Waals surface area (Å²) in [6.07, 6.45) is 2.56. The van der Waals surface area contributed by atoms with Crippen LogP contribution < -0.4 is 5.32 Å². The Balaban J connectivity index is 2.14. The summed E-state index contributed by atoms with van der Waals surface area (Å²) in [6, 6.07) is 8.76. The first-order chi connectivity index (χ1) is 8.70. The molecule has 0 fully saturated rings. The van der Waals surface area contributed by atoms with E-state index in [1.807, 2.05) is 6.92 Å². The van der Waals surface area contributed by atoms with Gasteiger partial charge in [0.25, 0.3) is 5.91 Å². The minimum absolute atomic E-state index is 0.178. The van der Waals surface area contributed by atoms with Crippen LogP contribution in [0.5, 0.6) is 0 Å². The Morgan fingerprint density at radius 1 is 1.44 bits per heavy atom. The summed E-state index contributed by atoms with van der Waals surface area (Å²) in [5, 5.41) is 7.51. The molecule has 1 N–H and O–H groups in total. The van der Waals surface area contributed by atoms with E-state index in [4.69, 9.17) is 11.6 Å². The fourth-order valence-corrected chi connectivity index (χ4v) is 1.87. The standard InChI is InChI=1S/C13H14ClN3O/c1-2-8-17-12(6-7-15-17)13(18)16-11-5-3-4-10(14)9-11/h3-7,9H,2,8H2,1H3,(H,16,18). The van der Waals surface area contributed by atoms with Crippen LogP contribution in [0.2, 0.25) is 5.02 Å². The fraction of sp³-hybridized carbons (Fsp3) is 0.231. The molecule has 18 heavy (non-hydrogen) atoms. The van der Waals surface area contributed by atoms with E-state index in [1.165, 1.54) is 0 Å². The smallest absolute Gasteiger partial charge is 0.273 e. The van der Waals surface area contributed by atoms with Crippen molar-refractivity contribution in [3.05, 3.63) is 47.2 Å². The first-order valence-corrected chi connectivity index (χ1v) is 6.17. The summed E-state index contributed by atoms with van der Waals surface area (Å²) in [4.78, 5) is 12.1. The van der Waals surface area contributed by atoms with Crippen LogP contribution in [0.4, 0.5) is 5.69 Å². The van der Waals surface area contributed by atoms with E-state index in [0.717, 1.165) is 13.0 Å². The molecule has 1 aromatic carbocycles. The number of aryl methyl sites for hydroxylation is 1. The van der Waals surface area contributed by atoms with E-state index in [-0.39, 0.29) is 5.91 Å². The molecule has 1 amide bonds. The average Bonchev–Trinajstić information content (AvgIpc) is 2.78. The number of anilines is 1. The number of nitrogens with one attached hydrogen (secondary N) is 1. The maximum atomic E-state index is 12.1. The lowest BCUT2D eigenvalue weighted by molar-refractivity contribution is 0.101. The zero-order valence-electron chi connectivity index (χ0n) is 10.1. The third-order valence-electron chi connectivity index (χ3n) is 2.47. The molecule has 0 unspecified atom stereocenters. The third-order valence-corrected chi connectivity index (χ3v) is 2.70. The maximum absolute atomic E-state index is 12.1. The molecular formula is C13H14ClN3O. The Kier molecular flexibility index (Phi) is 3.99. The van der Waals surface area contributed by atoms with Crippen LogP contribution in [0.3, 0.4) is 0 Å². The average molecular weight is 264 g/mol. The minimum Gasteiger partial charge on any atom is -0.321 e. The van der Waals surface area contributed by atoms with Gasteiger partial charge in [-0.25, -0.2) is 0 Å². The number of aromatic nitrogens is 2. The second-order valence-corrected chi connectivity index (χ2v) is 4.34. The van der Waals surface area contributed by atoms with E-state index in [0.29, 0.717) is 16.4 Å². The highest BCUT2D eigenvalue weighted by Gasteiger charge is 2.11. The summed E-state index contributed by atoms with van der Waals surface area (Å²) >= 11 is 5.87. The fourth-order valence-electron chi connectivity index (χ4n) is 1.68. The van der Waals surface area contributed by atoms with E-state index >= 15 is 0 Å². The summed E-state index contributed by atoms with van der Waals surface area (Å²) in [5.41, 5.74) is 1.23. The Labute approximate surface area is 111 Å². The Hall–Kier alpha value is -1.81. The number of carbonyl (C=O) groups is 1. The second-order valence-electron chi connectivity index (χ2n) is 3.90. The van der Waals surface area contributed by atoms with E-state index in [9.17, 15) is 4.79 Å². The predicted octanol–water partition coefficient (Wildman–Crippen LogP) is 3.20. The Bertz CT molecular complexity index is 551. The van der Waals surface area contributed by atoms with Crippen LogP contribution in [-0.4, -0.2) is 15.7 Å². The molecule has 0 aliphatic carbocycles. The Morgan fingerprint density at radius 2 is 2.28 bits per heavy atom. The van der Waals surface area contributed by atoms with Crippen molar-refractivity contribution in [2.75, 3.05) is 5.32 Å². The summed E-state index contributed by atoms with van der Waals surface area (Å²) in [7, 11) is 0. The van der Waals surface area contributed by atoms with Gasteiger partial charge in [0.1, 0.15) is 5.69 Å². The molecular weight excluding hydrogens is 250 g/mol. The molecule has 0 aliphatic rings. The monoisotopic (exact) mass is 263 g/mol. The van der Waals surface area contributed by atoms with Gasteiger partial charge in [0.15, 0.2) is 0 Å². The number of hydrogen-bond acceptors (Lipinski definition) is 2. The van der Waals surface area contributed by atoms with Crippen LogP contribution in [0.15, 0.2) is 36.5 Å². The van der Waals surface area contributed by atoms with Gasteiger partial charge in [-0.2, -0.15) is 5.10 Å². The zero-order valence-corrected chi connectivity index (χ0v) is 10.8. The molecule has 94 valence electrons. The van der Waals surface area contributed by atoms with Gasteiger partial charge in [-0.05, 0) is 30.7 Å². The summed E-state index contributed by atoms with van der Waals surface area (Å²) in [6.45, 7) is 2.77. The van der Waals surface area contributed by atoms with Crippen molar-refractivity contribution < 1.29 is 4.79 Å². The molecule has 2 rings (SSSR count). The van der Waals surface area contributed by atoms with Crippen molar-refractivity contribution >= 4 is 23.2 Å². The maximum Gasteiger partial charge on any atom is 0.273 e. The molecule has 2 aromatic rings. The van der Waals surface area contributed by atoms with Crippen LogP contribution in [0.1, 0.15) is 23.8 Å². The van der Waals surface area contributed by atoms with E-state index in [2.05, 4.69) is 10.4 Å². The molecule has 0 saturated heterocycles. The number of nitrogens with zero attached hydrogens (tertiary/aromatic N) is 2. The highest BCUT2D eigenvalue weighted by Crippen LogP contribution is 2.15. The van der Waals surface area contributed by atoms with Crippen molar-refractivity contribution in [3.63, 3.8) is 0 Å². The highest BCUT2D eigenvalue weighted by atomic mass is 35.5. The summed E-state index contributed by atoms with van der Waals surface area (Å²) < 4.78 is 1.69. The van der Waals surface area contributed by atoms with E-state index < -0.39 is 0 Å². The van der Waals surface area contributed by atoms with Gasteiger partial charge >= 0.3 is 0 Å². The van der Waals surface area contributed by atoms with Gasteiger partial charge in [0.05, 0.1) is 0 Å². The van der Waals surface area contributed by atoms with Crippen LogP contribution in [-0.2, 0) is 6.54 Å². The van der Waals surface area contributed by atoms with Gasteiger partial charge in [-0.1, -0.05) is 24.6 Å². The number of carbonyl (C=O) groups excluding carboxylic acids is 1. The lowest BCUT2D eigenvalue weighted by Crippen LogP contribution is -2.17. The van der Waals surface area contributed by atoms with Gasteiger partial charge in [-0.15, -0.1) is 0 Å². The topological polar surface area (TPSA) is 46.9 Å².